The lowest BCUT2D eigenvalue weighted by Gasteiger charge is -1.99. The summed E-state index contributed by atoms with van der Waals surface area (Å²) in [7, 11) is 0. The van der Waals surface area contributed by atoms with Gasteiger partial charge >= 0.3 is 0 Å². The fourth-order valence-electron chi connectivity index (χ4n) is 1.55. The van der Waals surface area contributed by atoms with Crippen molar-refractivity contribution < 1.29 is 8.81 Å². The Labute approximate surface area is 112 Å². The van der Waals surface area contributed by atoms with Gasteiger partial charge in [0.2, 0.25) is 0 Å². The number of aryl methyl sites for hydroxylation is 1. The van der Waals surface area contributed by atoms with E-state index in [1.165, 1.54) is 6.33 Å². The number of halogens is 1. The van der Waals surface area contributed by atoms with E-state index in [0.29, 0.717) is 22.0 Å². The van der Waals surface area contributed by atoms with E-state index >= 15 is 0 Å². The van der Waals surface area contributed by atoms with Gasteiger partial charge < -0.3 is 10.2 Å². The molecule has 0 bridgehead atoms. The van der Waals surface area contributed by atoms with E-state index < -0.39 is 5.82 Å². The van der Waals surface area contributed by atoms with Gasteiger partial charge in [-0.15, -0.1) is 0 Å². The Bertz CT molecular complexity index is 759. The highest BCUT2D eigenvalue weighted by atomic mass is 32.2. The van der Waals surface area contributed by atoms with Gasteiger partial charge in [0.15, 0.2) is 11.4 Å². The summed E-state index contributed by atoms with van der Waals surface area (Å²) in [5.74, 6) is -0.464. The van der Waals surface area contributed by atoms with Crippen molar-refractivity contribution in [2.75, 3.05) is 5.73 Å². The van der Waals surface area contributed by atoms with E-state index in [-0.39, 0.29) is 10.7 Å². The van der Waals surface area contributed by atoms with Crippen LogP contribution in [-0.4, -0.2) is 15.0 Å². The first-order valence-corrected chi connectivity index (χ1v) is 6.26. The first-order chi connectivity index (χ1) is 9.13. The Morgan fingerprint density at radius 3 is 3.00 bits per heavy atom. The monoisotopic (exact) mass is 276 g/mol. The van der Waals surface area contributed by atoms with Gasteiger partial charge in [-0.25, -0.2) is 19.3 Å². The summed E-state index contributed by atoms with van der Waals surface area (Å²) in [5.41, 5.74) is 7.76. The van der Waals surface area contributed by atoms with E-state index in [1.54, 1.807) is 25.1 Å². The molecule has 2 N–H and O–H groups in total. The number of rotatable bonds is 2. The smallest absolute Gasteiger partial charge is 0.263 e. The van der Waals surface area contributed by atoms with E-state index in [2.05, 4.69) is 15.0 Å². The lowest BCUT2D eigenvalue weighted by atomic mass is 10.3. The molecule has 0 saturated carbocycles. The molecule has 0 radical (unpaired) electrons. The molecule has 0 amide bonds. The van der Waals surface area contributed by atoms with Crippen LogP contribution in [0.1, 0.15) is 5.69 Å². The molecule has 5 nitrogen and oxygen atoms in total. The van der Waals surface area contributed by atoms with Gasteiger partial charge in [-0.3, -0.25) is 0 Å². The number of oxazole rings is 1. The molecule has 3 aromatic rings. The number of anilines is 1. The molecule has 19 heavy (non-hydrogen) atoms. The minimum atomic E-state index is -0.464. The Balaban J connectivity index is 1.99. The molecule has 0 aliphatic rings. The first kappa shape index (κ1) is 11.9. The van der Waals surface area contributed by atoms with Crippen LogP contribution in [0.15, 0.2) is 39.2 Å². The maximum absolute atomic E-state index is 13.8. The van der Waals surface area contributed by atoms with Crippen LogP contribution in [0.2, 0.25) is 0 Å². The summed E-state index contributed by atoms with van der Waals surface area (Å²) >= 11 is 1.02. The molecule has 0 aliphatic heterocycles. The number of fused-ring (bicyclic) bond motifs is 1. The fraction of sp³-hybridized carbons (Fsp3) is 0.0833. The Kier molecular flexibility index (Phi) is 2.83. The van der Waals surface area contributed by atoms with Crippen molar-refractivity contribution in [3.8, 4) is 0 Å². The summed E-state index contributed by atoms with van der Waals surface area (Å²) in [6, 6.07) is 5.16. The molecule has 1 aromatic carbocycles. The third kappa shape index (κ3) is 2.24. The second kappa shape index (κ2) is 4.51. The van der Waals surface area contributed by atoms with Crippen LogP contribution in [0.3, 0.4) is 0 Å². The molecule has 2 aromatic heterocycles. The maximum atomic E-state index is 13.8. The molecule has 0 saturated heterocycles. The standard InChI is InChI=1S/C12H9FN4OS/c1-6-10(13)11(16-5-15-6)19-12-17-8-3-2-7(14)4-9(8)18-12/h2-5H,14H2,1H3. The second-order valence-electron chi connectivity index (χ2n) is 3.89. The van der Waals surface area contributed by atoms with Crippen molar-refractivity contribution in [1.29, 1.82) is 0 Å². The van der Waals surface area contributed by atoms with Crippen molar-refractivity contribution in [3.63, 3.8) is 0 Å². The molecule has 0 aliphatic carbocycles. The highest BCUT2D eigenvalue weighted by Crippen LogP contribution is 2.30. The van der Waals surface area contributed by atoms with E-state index in [9.17, 15) is 4.39 Å². The molecular formula is C12H9FN4OS. The van der Waals surface area contributed by atoms with Crippen molar-refractivity contribution in [3.05, 3.63) is 36.0 Å². The van der Waals surface area contributed by atoms with Crippen molar-refractivity contribution in [2.24, 2.45) is 0 Å². The molecule has 2 heterocycles. The van der Waals surface area contributed by atoms with Gasteiger partial charge in [0.1, 0.15) is 16.9 Å². The third-order valence-corrected chi connectivity index (χ3v) is 3.34. The first-order valence-electron chi connectivity index (χ1n) is 5.44. The average molecular weight is 276 g/mol. The van der Waals surface area contributed by atoms with Crippen molar-refractivity contribution >= 4 is 28.5 Å². The summed E-state index contributed by atoms with van der Waals surface area (Å²) in [5, 5.41) is 0.504. The van der Waals surface area contributed by atoms with Gasteiger partial charge in [0.25, 0.3) is 5.22 Å². The predicted octanol–water partition coefficient (Wildman–Crippen LogP) is 2.80. The normalized spacial score (nSPS) is 11.1. The molecular weight excluding hydrogens is 267 g/mol. The third-order valence-electron chi connectivity index (χ3n) is 2.51. The quantitative estimate of drug-likeness (QED) is 0.573. The molecule has 7 heteroatoms. The second-order valence-corrected chi connectivity index (χ2v) is 4.83. The lowest BCUT2D eigenvalue weighted by molar-refractivity contribution is 0.487. The van der Waals surface area contributed by atoms with Crippen LogP contribution in [-0.2, 0) is 0 Å². The maximum Gasteiger partial charge on any atom is 0.263 e. The van der Waals surface area contributed by atoms with Gasteiger partial charge in [-0.05, 0) is 30.8 Å². The number of nitrogens with two attached hydrogens (primary N) is 1. The number of aromatic nitrogens is 3. The molecule has 96 valence electrons. The number of nitrogen functional groups attached to an aromatic ring is 1. The van der Waals surface area contributed by atoms with Gasteiger partial charge in [-0.2, -0.15) is 0 Å². The van der Waals surface area contributed by atoms with Gasteiger partial charge in [-0.1, -0.05) is 0 Å². The lowest BCUT2D eigenvalue weighted by Crippen LogP contribution is -1.93. The number of nitrogens with zero attached hydrogens (tertiary/aromatic N) is 3. The Morgan fingerprint density at radius 1 is 1.32 bits per heavy atom. The highest BCUT2D eigenvalue weighted by molar-refractivity contribution is 7.99. The van der Waals surface area contributed by atoms with E-state index in [1.807, 2.05) is 0 Å². The fourth-order valence-corrected chi connectivity index (χ4v) is 2.33. The SMILES string of the molecule is Cc1ncnc(Sc2nc3ccc(N)cc3o2)c1F. The number of hydrogen-bond acceptors (Lipinski definition) is 6. The molecule has 0 spiro atoms. The van der Waals surface area contributed by atoms with Crippen LogP contribution in [0.4, 0.5) is 10.1 Å². The minimum Gasteiger partial charge on any atom is -0.431 e. The zero-order valence-corrected chi connectivity index (χ0v) is 10.7. The summed E-state index contributed by atoms with van der Waals surface area (Å²) < 4.78 is 19.3. The summed E-state index contributed by atoms with van der Waals surface area (Å²) in [4.78, 5) is 11.9. The highest BCUT2D eigenvalue weighted by Gasteiger charge is 2.14. The van der Waals surface area contributed by atoms with Gasteiger partial charge in [0, 0.05) is 11.8 Å². The van der Waals surface area contributed by atoms with E-state index in [4.69, 9.17) is 10.2 Å². The zero-order valence-electron chi connectivity index (χ0n) is 9.92. The summed E-state index contributed by atoms with van der Waals surface area (Å²) in [6.45, 7) is 1.58. The topological polar surface area (TPSA) is 77.8 Å². The summed E-state index contributed by atoms with van der Waals surface area (Å²) in [6.07, 6.45) is 1.31. The molecule has 3 rings (SSSR count). The molecule has 0 atom stereocenters. The number of hydrogen-bond donors (Lipinski definition) is 1. The van der Waals surface area contributed by atoms with Crippen LogP contribution in [0.25, 0.3) is 11.1 Å². The van der Waals surface area contributed by atoms with Crippen molar-refractivity contribution in [1.82, 2.24) is 15.0 Å². The van der Waals surface area contributed by atoms with Crippen LogP contribution < -0.4 is 5.73 Å². The largest absolute Gasteiger partial charge is 0.431 e. The molecule has 0 fully saturated rings. The van der Waals surface area contributed by atoms with Gasteiger partial charge in [0.05, 0.1) is 5.69 Å². The number of benzene rings is 1. The Hall–Kier alpha value is -2.15. The van der Waals surface area contributed by atoms with Crippen LogP contribution in [0, 0.1) is 12.7 Å². The van der Waals surface area contributed by atoms with Crippen LogP contribution in [0.5, 0.6) is 0 Å². The minimum absolute atomic E-state index is 0.187. The Morgan fingerprint density at radius 2 is 2.16 bits per heavy atom. The van der Waals surface area contributed by atoms with E-state index in [0.717, 1.165) is 11.8 Å². The average Bonchev–Trinajstić information content (AvgIpc) is 2.76. The van der Waals surface area contributed by atoms with Crippen molar-refractivity contribution in [2.45, 2.75) is 17.2 Å². The van der Waals surface area contributed by atoms with Crippen LogP contribution >= 0.6 is 11.8 Å². The molecule has 0 unspecified atom stereocenters. The predicted molar refractivity (Wildman–Crippen MR) is 69.3 cm³/mol. The zero-order chi connectivity index (χ0) is 13.4.